The lowest BCUT2D eigenvalue weighted by molar-refractivity contribution is 0.103. The molecule has 0 unspecified atom stereocenters. The van der Waals surface area contributed by atoms with Gasteiger partial charge in [-0.1, -0.05) is 0 Å². The maximum absolute atomic E-state index is 12.9. The number of H-pyrrole nitrogens is 1. The van der Waals surface area contributed by atoms with Gasteiger partial charge < -0.3 is 4.98 Å². The highest BCUT2D eigenvalue weighted by molar-refractivity contribution is 7.21. The van der Waals surface area contributed by atoms with Crippen molar-refractivity contribution in [2.24, 2.45) is 0 Å². The van der Waals surface area contributed by atoms with Crippen molar-refractivity contribution in [3.05, 3.63) is 45.7 Å². The molecular formula is C19H17N5OS2. The molecule has 1 aliphatic carbocycles. The number of hydrogen-bond donors (Lipinski definition) is 2. The van der Waals surface area contributed by atoms with Crippen LogP contribution in [0.5, 0.6) is 0 Å². The molecule has 2 N–H and O–H groups in total. The zero-order chi connectivity index (χ0) is 18.5. The zero-order valence-corrected chi connectivity index (χ0v) is 16.5. The van der Waals surface area contributed by atoms with Crippen LogP contribution in [0.15, 0.2) is 23.7 Å². The first kappa shape index (κ1) is 16.6. The number of nitrogens with one attached hydrogen (secondary N) is 2. The molecule has 1 amide bonds. The van der Waals surface area contributed by atoms with E-state index in [0.29, 0.717) is 15.9 Å². The molecule has 1 saturated carbocycles. The average Bonchev–Trinajstić information content (AvgIpc) is 3.04. The minimum Gasteiger partial charge on any atom is -0.360 e. The van der Waals surface area contributed by atoms with E-state index >= 15 is 0 Å². The highest BCUT2D eigenvalue weighted by Crippen LogP contribution is 2.40. The van der Waals surface area contributed by atoms with E-state index in [0.717, 1.165) is 51.5 Å². The van der Waals surface area contributed by atoms with E-state index in [1.54, 1.807) is 0 Å². The number of aromatic nitrogens is 4. The number of thiophene rings is 1. The summed E-state index contributed by atoms with van der Waals surface area (Å²) < 4.78 is 0. The first-order valence-electron chi connectivity index (χ1n) is 8.78. The first-order valence-corrected chi connectivity index (χ1v) is 10.5. The molecule has 1 fully saturated rings. The van der Waals surface area contributed by atoms with E-state index in [4.69, 9.17) is 4.98 Å². The molecule has 0 aliphatic heterocycles. The second kappa shape index (κ2) is 6.24. The topological polar surface area (TPSA) is 83.6 Å². The van der Waals surface area contributed by atoms with Crippen LogP contribution in [0.4, 0.5) is 5.13 Å². The second-order valence-electron chi connectivity index (χ2n) is 6.75. The molecule has 1 aliphatic rings. The third kappa shape index (κ3) is 2.94. The van der Waals surface area contributed by atoms with Crippen LogP contribution in [0.3, 0.4) is 0 Å². The van der Waals surface area contributed by atoms with Crippen molar-refractivity contribution in [1.29, 1.82) is 0 Å². The smallest absolute Gasteiger partial charge is 0.267 e. The molecule has 4 aromatic rings. The van der Waals surface area contributed by atoms with Crippen LogP contribution in [-0.4, -0.2) is 25.8 Å². The molecule has 6 nitrogen and oxygen atoms in total. The Bertz CT molecular complexity index is 1150. The monoisotopic (exact) mass is 395 g/mol. The molecule has 0 radical (unpaired) electrons. The quantitative estimate of drug-likeness (QED) is 0.515. The number of rotatable bonds is 4. The molecule has 4 aromatic heterocycles. The number of anilines is 1. The molecule has 27 heavy (non-hydrogen) atoms. The number of carbonyl (C=O) groups excluding carboxylic acids is 1. The van der Waals surface area contributed by atoms with Gasteiger partial charge in [0.15, 0.2) is 5.13 Å². The van der Waals surface area contributed by atoms with Gasteiger partial charge >= 0.3 is 0 Å². The Morgan fingerprint density at radius 2 is 2.11 bits per heavy atom. The summed E-state index contributed by atoms with van der Waals surface area (Å²) in [5.74, 6) is 1.27. The van der Waals surface area contributed by atoms with Gasteiger partial charge in [-0.25, -0.2) is 15.0 Å². The number of aromatic amines is 1. The average molecular weight is 396 g/mol. The zero-order valence-electron chi connectivity index (χ0n) is 14.9. The lowest BCUT2D eigenvalue weighted by Gasteiger charge is -2.02. The molecule has 0 atom stereocenters. The SMILES string of the molecule is Cc1nc(C2CC2)nc2sc(C(=O)Nc3nc(-c4ccc[nH]4)cs3)c(C)c12. The molecule has 0 spiro atoms. The highest BCUT2D eigenvalue weighted by Gasteiger charge is 2.28. The number of thiazole rings is 1. The fourth-order valence-corrected chi connectivity index (χ4v) is 5.04. The predicted molar refractivity (Wildman–Crippen MR) is 109 cm³/mol. The minimum atomic E-state index is -0.143. The Morgan fingerprint density at radius 3 is 2.85 bits per heavy atom. The molecule has 4 heterocycles. The van der Waals surface area contributed by atoms with Crippen molar-refractivity contribution in [3.8, 4) is 11.4 Å². The minimum absolute atomic E-state index is 0.143. The molecular weight excluding hydrogens is 378 g/mol. The van der Waals surface area contributed by atoms with Crippen LogP contribution in [0.25, 0.3) is 21.6 Å². The van der Waals surface area contributed by atoms with Crippen molar-refractivity contribution in [2.75, 3.05) is 5.32 Å². The van der Waals surface area contributed by atoms with Gasteiger partial charge in [0, 0.05) is 22.9 Å². The van der Waals surface area contributed by atoms with Gasteiger partial charge in [0.25, 0.3) is 5.91 Å². The number of carbonyl (C=O) groups is 1. The van der Waals surface area contributed by atoms with Gasteiger partial charge in [0.05, 0.1) is 22.0 Å². The van der Waals surface area contributed by atoms with E-state index in [-0.39, 0.29) is 5.91 Å². The first-order chi connectivity index (χ1) is 13.1. The normalized spacial score (nSPS) is 14.0. The Hall–Kier alpha value is -2.58. The second-order valence-corrected chi connectivity index (χ2v) is 8.61. The maximum Gasteiger partial charge on any atom is 0.267 e. The highest BCUT2D eigenvalue weighted by atomic mass is 32.1. The number of amides is 1. The van der Waals surface area contributed by atoms with E-state index in [1.807, 2.05) is 37.6 Å². The standard InChI is InChI=1S/C19H17N5OS2/c1-9-14-10(2)21-16(11-5-6-11)23-18(14)27-15(9)17(25)24-19-22-13(8-26-19)12-4-3-7-20-12/h3-4,7-8,11,20H,5-6H2,1-2H3,(H,22,24,25). The third-order valence-corrected chi connectivity index (χ3v) is 6.68. The number of hydrogen-bond acceptors (Lipinski definition) is 6. The summed E-state index contributed by atoms with van der Waals surface area (Å²) in [5, 5.41) is 6.44. The summed E-state index contributed by atoms with van der Waals surface area (Å²) in [6.45, 7) is 3.97. The lowest BCUT2D eigenvalue weighted by atomic mass is 10.1. The Kier molecular flexibility index (Phi) is 3.84. The summed E-state index contributed by atoms with van der Waals surface area (Å²) in [7, 11) is 0. The van der Waals surface area contributed by atoms with Gasteiger partial charge in [-0.2, -0.15) is 0 Å². The summed E-state index contributed by atoms with van der Waals surface area (Å²) in [4.78, 5) is 31.4. The van der Waals surface area contributed by atoms with Crippen molar-refractivity contribution in [3.63, 3.8) is 0 Å². The summed E-state index contributed by atoms with van der Waals surface area (Å²) in [6, 6.07) is 3.88. The van der Waals surface area contributed by atoms with E-state index < -0.39 is 0 Å². The van der Waals surface area contributed by atoms with Gasteiger partial charge in [0.1, 0.15) is 10.7 Å². The van der Waals surface area contributed by atoms with Crippen molar-refractivity contribution in [1.82, 2.24) is 19.9 Å². The van der Waals surface area contributed by atoms with Crippen molar-refractivity contribution >= 4 is 43.9 Å². The fourth-order valence-electron chi connectivity index (χ4n) is 3.20. The van der Waals surface area contributed by atoms with Crippen LogP contribution < -0.4 is 5.32 Å². The Morgan fingerprint density at radius 1 is 1.26 bits per heavy atom. The predicted octanol–water partition coefficient (Wildman–Crippen LogP) is 4.89. The van der Waals surface area contributed by atoms with Crippen LogP contribution >= 0.6 is 22.7 Å². The van der Waals surface area contributed by atoms with Crippen LogP contribution in [0.1, 0.15) is 45.5 Å². The van der Waals surface area contributed by atoms with E-state index in [1.165, 1.54) is 22.7 Å². The third-order valence-electron chi connectivity index (χ3n) is 4.74. The molecule has 0 aromatic carbocycles. The van der Waals surface area contributed by atoms with E-state index in [2.05, 4.69) is 20.3 Å². The van der Waals surface area contributed by atoms with Gasteiger partial charge in [0.2, 0.25) is 0 Å². The van der Waals surface area contributed by atoms with Gasteiger partial charge in [-0.3, -0.25) is 10.1 Å². The van der Waals surface area contributed by atoms with Crippen molar-refractivity contribution < 1.29 is 4.79 Å². The largest absolute Gasteiger partial charge is 0.360 e. The maximum atomic E-state index is 12.9. The van der Waals surface area contributed by atoms with E-state index in [9.17, 15) is 4.79 Å². The summed E-state index contributed by atoms with van der Waals surface area (Å²) in [6.07, 6.45) is 4.18. The fraction of sp³-hybridized carbons (Fsp3) is 0.263. The molecule has 8 heteroatoms. The van der Waals surface area contributed by atoms with Crippen LogP contribution in [0.2, 0.25) is 0 Å². The van der Waals surface area contributed by atoms with Gasteiger partial charge in [-0.05, 0) is 44.4 Å². The molecule has 0 saturated heterocycles. The molecule has 5 rings (SSSR count). The van der Waals surface area contributed by atoms with Crippen molar-refractivity contribution in [2.45, 2.75) is 32.6 Å². The van der Waals surface area contributed by atoms with Crippen LogP contribution in [0, 0.1) is 13.8 Å². The number of fused-ring (bicyclic) bond motifs is 1. The molecule has 136 valence electrons. The Balaban J connectivity index is 1.45. The molecule has 0 bridgehead atoms. The van der Waals surface area contributed by atoms with Gasteiger partial charge in [-0.15, -0.1) is 22.7 Å². The summed E-state index contributed by atoms with van der Waals surface area (Å²) >= 11 is 2.85. The number of aryl methyl sites for hydroxylation is 2. The Labute approximate surface area is 163 Å². The lowest BCUT2D eigenvalue weighted by Crippen LogP contribution is -2.11. The summed E-state index contributed by atoms with van der Waals surface area (Å²) in [5.41, 5.74) is 3.65. The van der Waals surface area contributed by atoms with Crippen LogP contribution in [-0.2, 0) is 0 Å². The number of nitrogens with zero attached hydrogens (tertiary/aromatic N) is 3.